The van der Waals surface area contributed by atoms with Crippen LogP contribution in [0.1, 0.15) is 96.9 Å². The molecule has 0 spiro atoms. The fraction of sp³-hybridized carbons (Fsp3) is 0.467. The fourth-order valence-electron chi connectivity index (χ4n) is 7.02. The number of amidine groups is 1. The van der Waals surface area contributed by atoms with Crippen LogP contribution in [-0.4, -0.2) is 90.1 Å². The third-order valence-corrected chi connectivity index (χ3v) is 11.9. The van der Waals surface area contributed by atoms with Gasteiger partial charge in [-0.3, -0.25) is 29.5 Å². The molecule has 5 atom stereocenters. The van der Waals surface area contributed by atoms with Crippen LogP contribution >= 0.6 is 33.5 Å². The van der Waals surface area contributed by atoms with Crippen LogP contribution in [-0.2, 0) is 27.7 Å². The monoisotopic (exact) mass is 1010 g/mol. The molecule has 372 valence electrons. The normalized spacial score (nSPS) is 17.1. The summed E-state index contributed by atoms with van der Waals surface area (Å²) in [5.41, 5.74) is 4.76. The highest BCUT2D eigenvalue weighted by Crippen LogP contribution is 2.52. The molecule has 4 rings (SSSR count). The van der Waals surface area contributed by atoms with E-state index in [1.165, 1.54) is 31.0 Å². The Hall–Kier alpha value is -5.05. The molecule has 16 nitrogen and oxygen atoms in total. The molecule has 23 heteroatoms. The van der Waals surface area contributed by atoms with Gasteiger partial charge >= 0.3 is 12.2 Å². The number of benzene rings is 1. The summed E-state index contributed by atoms with van der Waals surface area (Å²) in [6.45, 7) is 10.1. The maximum Gasteiger partial charge on any atom is 0.331 e. The molecule has 2 amide bonds. The van der Waals surface area contributed by atoms with E-state index in [4.69, 9.17) is 32.7 Å². The number of hydrogen-bond acceptors (Lipinski definition) is 12. The van der Waals surface area contributed by atoms with Crippen molar-refractivity contribution in [2.75, 3.05) is 6.54 Å². The number of nitrogens with zero attached hydrogens (tertiary/aromatic N) is 8. The second kappa shape index (κ2) is 26.6. The van der Waals surface area contributed by atoms with Crippen LogP contribution in [0.2, 0.25) is 5.02 Å². The first-order valence-electron chi connectivity index (χ1n) is 21.5. The third-order valence-electron chi connectivity index (χ3n) is 11.0. The number of rotatable bonds is 22. The number of hydrogen-bond donors (Lipinski definition) is 6. The van der Waals surface area contributed by atoms with Crippen molar-refractivity contribution in [1.82, 2.24) is 35.4 Å². The highest BCUT2D eigenvalue weighted by atomic mass is 35.5. The van der Waals surface area contributed by atoms with Gasteiger partial charge in [0.15, 0.2) is 0 Å². The first kappa shape index (κ1) is 57.3. The Labute approximate surface area is 406 Å². The molecule has 0 saturated heterocycles. The summed E-state index contributed by atoms with van der Waals surface area (Å²) in [6, 6.07) is 8.36. The number of carbonyl (C=O) groups excluding carboxylic acids is 2. The van der Waals surface area contributed by atoms with E-state index >= 15 is 0 Å². The lowest BCUT2D eigenvalue weighted by Gasteiger charge is -2.33. The Kier molecular flexibility index (Phi) is 22.4. The average molecular weight is 1010 g/mol. The third kappa shape index (κ3) is 16.9. The molecular formula is C45H61ClF4N11O5PS. The van der Waals surface area contributed by atoms with E-state index in [9.17, 15) is 31.9 Å². The van der Waals surface area contributed by atoms with E-state index in [2.05, 4.69) is 52.0 Å². The van der Waals surface area contributed by atoms with E-state index in [0.29, 0.717) is 17.9 Å². The number of halogens is 5. The Morgan fingerprint density at radius 2 is 1.82 bits per heavy atom. The maximum atomic E-state index is 14.6. The number of carbonyl (C=O) groups is 2. The minimum absolute atomic E-state index is 0.0696. The molecular weight excluding hydrogens is 949 g/mol. The van der Waals surface area contributed by atoms with Crippen LogP contribution in [0.5, 0.6) is 0 Å². The van der Waals surface area contributed by atoms with Gasteiger partial charge in [-0.1, -0.05) is 64.6 Å². The molecule has 1 aliphatic rings. The van der Waals surface area contributed by atoms with Crippen molar-refractivity contribution < 1.29 is 37.6 Å². The van der Waals surface area contributed by atoms with Crippen molar-refractivity contribution in [1.29, 1.82) is 0 Å². The molecule has 68 heavy (non-hydrogen) atoms. The summed E-state index contributed by atoms with van der Waals surface area (Å²) in [7, 11) is 1.43. The quantitative estimate of drug-likeness (QED) is 0.00834. The molecule has 6 N–H and O–H groups in total. The molecule has 0 aliphatic heterocycles. The van der Waals surface area contributed by atoms with Gasteiger partial charge in [0.05, 0.1) is 23.7 Å². The van der Waals surface area contributed by atoms with Crippen LogP contribution in [0.3, 0.4) is 0 Å². The number of aliphatic imine (C=N–C) groups is 3. The van der Waals surface area contributed by atoms with Crippen molar-refractivity contribution in [3.8, 4) is 11.4 Å². The summed E-state index contributed by atoms with van der Waals surface area (Å²) < 4.78 is 57.6. The zero-order valence-corrected chi connectivity index (χ0v) is 41.8. The lowest BCUT2D eigenvalue weighted by atomic mass is 10.00. The zero-order valence-electron chi connectivity index (χ0n) is 39.0. The first-order chi connectivity index (χ1) is 32.1. The lowest BCUT2D eigenvalue weighted by molar-refractivity contribution is -0.134. The number of nitrogens with one attached hydrogen (secondary N) is 2. The number of alkyl halides is 4. The molecule has 2 heterocycles. The van der Waals surface area contributed by atoms with Gasteiger partial charge in [-0.15, -0.1) is 0 Å². The van der Waals surface area contributed by atoms with Crippen LogP contribution in [0.25, 0.3) is 17.0 Å². The smallest absolute Gasteiger partial charge is 0.331 e. The molecule has 1 aromatic carbocycles. The number of allylic oxidation sites excluding steroid dienone is 4. The Morgan fingerprint density at radius 3 is 2.38 bits per heavy atom. The average Bonchev–Trinajstić information content (AvgIpc) is 3.93. The van der Waals surface area contributed by atoms with Crippen molar-refractivity contribution in [2.24, 2.45) is 32.5 Å². The number of nitrogens with two attached hydrogens (primary N) is 1. The Morgan fingerprint density at radius 1 is 1.13 bits per heavy atom. The largest absolute Gasteiger partial charge is 0.404 e. The fourth-order valence-corrected chi connectivity index (χ4v) is 7.69. The topological polar surface area (TPSA) is 218 Å². The minimum atomic E-state index is -3.43. The molecule has 1 aliphatic carbocycles. The maximum absolute atomic E-state index is 14.6. The standard InChI is InChI=1S/C45H58ClF4N10O3PS.H3NO2/c1-8-27(4)41(54-28(5)9-2)52-23-30(10-3)31-11-12-33(35(46)19-31)34-18-32(34)15-16-58(25-61)38(17-29(21-51)22-53-43(47)48)42(63)55-44(6,7)24-59-37(20-39(57-59)45(49,50)64)36-13-14-40(62)60(26-65)56-36;2-1-3/h9-14,19-23,25,27,32,34,38,43,65H,8,15-18,24,26,51,64H2,1-7H3,(H,55,63);1-3H/b28-9-,29-21-,30-10+,52-23?,53-22+,54-41?;/t27?,32-,34?,38?;/m1./s1. The Balaban J connectivity index is 0.00000397. The van der Waals surface area contributed by atoms with Crippen LogP contribution in [0.15, 0.2) is 85.8 Å². The molecule has 2 aromatic heterocycles. The first-order valence-corrected chi connectivity index (χ1v) is 23.1. The molecule has 0 bridgehead atoms. The molecule has 0 radical (unpaired) electrons. The van der Waals surface area contributed by atoms with Crippen molar-refractivity contribution in [3.05, 3.63) is 98.2 Å². The number of amides is 2. The van der Waals surface area contributed by atoms with Crippen LogP contribution < -0.4 is 22.3 Å². The summed E-state index contributed by atoms with van der Waals surface area (Å²) in [5.74, 6) is 0.364. The number of thiol groups is 1. The van der Waals surface area contributed by atoms with E-state index in [1.54, 1.807) is 20.1 Å². The summed E-state index contributed by atoms with van der Waals surface area (Å²) >= 11 is 11.0. The zero-order chi connectivity index (χ0) is 50.9. The lowest BCUT2D eigenvalue weighted by Crippen LogP contribution is -2.55. The predicted octanol–water partition coefficient (Wildman–Crippen LogP) is 8.21. The van der Waals surface area contributed by atoms with E-state index in [0.717, 1.165) is 69.9 Å². The SMILES string of the molecule is C/C=C(/C)N=C(N=C/C(=C\C)c1ccc(C2C[C@H]2CCN(C=O)C(CC(=C/N)/C=N/C(F)F)C(=O)NC(C)(C)Cn2nc(C(F)(F)P)cc2-c2ccc(=O)n(CS)n2)c(Cl)c1)C(C)CC.ONO. The van der Waals surface area contributed by atoms with Gasteiger partial charge in [0.2, 0.25) is 12.3 Å². The van der Waals surface area contributed by atoms with Gasteiger partial charge in [-0.25, -0.2) is 19.7 Å². The molecule has 4 unspecified atom stereocenters. The van der Waals surface area contributed by atoms with Gasteiger partial charge in [0.25, 0.3) is 5.56 Å². The van der Waals surface area contributed by atoms with E-state index in [1.807, 2.05) is 51.1 Å². The van der Waals surface area contributed by atoms with E-state index < -0.39 is 41.0 Å². The van der Waals surface area contributed by atoms with Crippen molar-refractivity contribution in [2.45, 2.75) is 116 Å². The summed E-state index contributed by atoms with van der Waals surface area (Å²) in [4.78, 5) is 53.1. The van der Waals surface area contributed by atoms with Gasteiger partial charge in [0, 0.05) is 48.1 Å². The van der Waals surface area contributed by atoms with Gasteiger partial charge in [-0.2, -0.15) is 40.4 Å². The highest BCUT2D eigenvalue weighted by molar-refractivity contribution is 7.79. The highest BCUT2D eigenvalue weighted by Gasteiger charge is 2.40. The number of aromatic nitrogens is 4. The molecule has 1 fully saturated rings. The van der Waals surface area contributed by atoms with Gasteiger partial charge in [-0.05, 0) is 112 Å². The minimum Gasteiger partial charge on any atom is -0.404 e. The van der Waals surface area contributed by atoms with Gasteiger partial charge in [0.1, 0.15) is 23.3 Å². The molecule has 1 saturated carbocycles. The predicted molar refractivity (Wildman–Crippen MR) is 265 cm³/mol. The molecule has 3 aromatic rings. The van der Waals surface area contributed by atoms with Gasteiger partial charge < -0.3 is 16.0 Å². The van der Waals surface area contributed by atoms with E-state index in [-0.39, 0.29) is 60.1 Å². The van der Waals surface area contributed by atoms with Crippen molar-refractivity contribution >= 4 is 69.6 Å². The second-order valence-corrected chi connectivity index (χ2v) is 18.0. The van der Waals surface area contributed by atoms with Crippen LogP contribution in [0.4, 0.5) is 17.6 Å². The Bertz CT molecular complexity index is 2440. The summed E-state index contributed by atoms with van der Waals surface area (Å²) in [5, 5.41) is 25.6. The van der Waals surface area contributed by atoms with Crippen molar-refractivity contribution in [3.63, 3.8) is 0 Å². The second-order valence-electron chi connectivity index (χ2n) is 16.6. The summed E-state index contributed by atoms with van der Waals surface area (Å²) in [6.07, 6.45) is 10.00. The van der Waals surface area contributed by atoms with Crippen LogP contribution in [0, 0.1) is 11.8 Å².